The van der Waals surface area contributed by atoms with E-state index in [1.54, 1.807) is 33.5 Å². The first-order valence-electron chi connectivity index (χ1n) is 10.8. The van der Waals surface area contributed by atoms with Crippen LogP contribution in [0.1, 0.15) is 48.1 Å². The van der Waals surface area contributed by atoms with Gasteiger partial charge < -0.3 is 5.32 Å². The summed E-state index contributed by atoms with van der Waals surface area (Å²) in [6, 6.07) is 15.4. The van der Waals surface area contributed by atoms with Crippen LogP contribution in [0.25, 0.3) is 0 Å². The van der Waals surface area contributed by atoms with Gasteiger partial charge in [-0.1, -0.05) is 42.8 Å². The van der Waals surface area contributed by atoms with E-state index >= 15 is 0 Å². The third-order valence-corrected chi connectivity index (χ3v) is 7.80. The first-order valence-corrected chi connectivity index (χ1v) is 12.2. The highest BCUT2D eigenvalue weighted by Crippen LogP contribution is 2.26. The van der Waals surface area contributed by atoms with Crippen molar-refractivity contribution in [2.24, 2.45) is 0 Å². The summed E-state index contributed by atoms with van der Waals surface area (Å²) in [6.45, 7) is 2.84. The Morgan fingerprint density at radius 3 is 2.69 bits per heavy atom. The van der Waals surface area contributed by atoms with Gasteiger partial charge in [0.2, 0.25) is 10.0 Å². The Bertz CT molecular complexity index is 1150. The van der Waals surface area contributed by atoms with E-state index in [1.165, 1.54) is 12.4 Å². The minimum Gasteiger partial charge on any atom is -0.343 e. The van der Waals surface area contributed by atoms with Crippen molar-refractivity contribution in [3.05, 3.63) is 78.4 Å². The minimum atomic E-state index is -3.66. The van der Waals surface area contributed by atoms with Gasteiger partial charge in [-0.2, -0.15) is 9.40 Å². The molecule has 0 spiro atoms. The molecule has 2 aromatic carbocycles. The zero-order chi connectivity index (χ0) is 22.6. The quantitative estimate of drug-likeness (QED) is 0.593. The molecule has 1 aliphatic heterocycles. The molecular formula is C23H27N5O3S. The first-order chi connectivity index (χ1) is 15.4. The highest BCUT2D eigenvalue weighted by atomic mass is 32.2. The van der Waals surface area contributed by atoms with Crippen LogP contribution in [0.15, 0.2) is 72.1 Å². The summed E-state index contributed by atoms with van der Waals surface area (Å²) in [5.41, 5.74) is 1.22. The van der Waals surface area contributed by atoms with Crippen molar-refractivity contribution in [2.75, 3.05) is 6.54 Å². The molecule has 8 nitrogen and oxygen atoms in total. The SMILES string of the molecule is CC1CCCCN1S(=O)(=O)c1cccc(C(=O)NC(Cn2cncn2)c2ccccc2)c1. The van der Waals surface area contributed by atoms with Crippen LogP contribution in [-0.4, -0.2) is 46.0 Å². The Balaban J connectivity index is 1.57. The maximum absolute atomic E-state index is 13.2. The predicted molar refractivity (Wildman–Crippen MR) is 120 cm³/mol. The highest BCUT2D eigenvalue weighted by molar-refractivity contribution is 7.89. The van der Waals surface area contributed by atoms with Crippen LogP contribution in [0.2, 0.25) is 0 Å². The van der Waals surface area contributed by atoms with E-state index < -0.39 is 10.0 Å². The largest absolute Gasteiger partial charge is 0.343 e. The number of nitrogens with one attached hydrogen (secondary N) is 1. The maximum atomic E-state index is 13.2. The van der Waals surface area contributed by atoms with E-state index in [0.717, 1.165) is 24.8 Å². The average molecular weight is 454 g/mol. The number of aromatic nitrogens is 3. The molecule has 1 N–H and O–H groups in total. The summed E-state index contributed by atoms with van der Waals surface area (Å²) in [4.78, 5) is 17.2. The Kier molecular flexibility index (Phi) is 6.66. The fourth-order valence-electron chi connectivity index (χ4n) is 4.04. The van der Waals surface area contributed by atoms with Gasteiger partial charge in [-0.15, -0.1) is 0 Å². The monoisotopic (exact) mass is 453 g/mol. The summed E-state index contributed by atoms with van der Waals surface area (Å²) in [6.07, 6.45) is 5.77. The molecule has 1 saturated heterocycles. The van der Waals surface area contributed by atoms with Gasteiger partial charge >= 0.3 is 0 Å². The number of hydrogen-bond acceptors (Lipinski definition) is 5. The lowest BCUT2D eigenvalue weighted by atomic mass is 10.1. The molecule has 0 radical (unpaired) electrons. The molecule has 0 bridgehead atoms. The molecule has 32 heavy (non-hydrogen) atoms. The van der Waals surface area contributed by atoms with Crippen LogP contribution < -0.4 is 5.32 Å². The molecule has 0 saturated carbocycles. The summed E-state index contributed by atoms with van der Waals surface area (Å²) >= 11 is 0. The standard InChI is InChI=1S/C23H27N5O3S/c1-18-8-5-6-13-28(18)32(30,31)21-12-7-11-20(14-21)23(29)26-22(15-27-17-24-16-25-27)19-9-3-2-4-10-19/h2-4,7,9-12,14,16-18,22H,5-6,8,13,15H2,1H3,(H,26,29). The van der Waals surface area contributed by atoms with Crippen LogP contribution in [0.5, 0.6) is 0 Å². The molecule has 1 fully saturated rings. The first kappa shape index (κ1) is 22.2. The summed E-state index contributed by atoms with van der Waals surface area (Å²) in [5.74, 6) is -0.345. The van der Waals surface area contributed by atoms with Crippen molar-refractivity contribution in [1.29, 1.82) is 0 Å². The molecular weight excluding hydrogens is 426 g/mol. The fraction of sp³-hybridized carbons (Fsp3) is 0.348. The van der Waals surface area contributed by atoms with Crippen molar-refractivity contribution in [3.8, 4) is 0 Å². The molecule has 1 aromatic heterocycles. The molecule has 2 atom stereocenters. The number of carbonyl (C=O) groups is 1. The lowest BCUT2D eigenvalue weighted by molar-refractivity contribution is 0.0931. The normalized spacial score (nSPS) is 18.2. The molecule has 4 rings (SSSR count). The summed E-state index contributed by atoms with van der Waals surface area (Å²) in [5, 5.41) is 7.16. The van der Waals surface area contributed by atoms with Crippen LogP contribution in [0.3, 0.4) is 0 Å². The van der Waals surface area contributed by atoms with Gasteiger partial charge in [0.05, 0.1) is 17.5 Å². The Hall–Kier alpha value is -3.04. The van der Waals surface area contributed by atoms with Gasteiger partial charge in [0.15, 0.2) is 0 Å². The predicted octanol–water partition coefficient (Wildman–Crippen LogP) is 3.01. The van der Waals surface area contributed by atoms with Gasteiger partial charge in [-0.05, 0) is 43.5 Å². The lowest BCUT2D eigenvalue weighted by Crippen LogP contribution is -2.42. The van der Waals surface area contributed by atoms with Crippen LogP contribution in [-0.2, 0) is 16.6 Å². The van der Waals surface area contributed by atoms with Gasteiger partial charge in [-0.3, -0.25) is 9.48 Å². The molecule has 1 amide bonds. The Morgan fingerprint density at radius 2 is 1.97 bits per heavy atom. The molecule has 2 unspecified atom stereocenters. The maximum Gasteiger partial charge on any atom is 0.251 e. The van der Waals surface area contributed by atoms with Crippen molar-refractivity contribution in [1.82, 2.24) is 24.4 Å². The van der Waals surface area contributed by atoms with Gasteiger partial charge in [0.25, 0.3) is 5.91 Å². The van der Waals surface area contributed by atoms with Gasteiger partial charge in [0.1, 0.15) is 12.7 Å². The molecule has 2 heterocycles. The number of sulfonamides is 1. The van der Waals surface area contributed by atoms with E-state index in [2.05, 4.69) is 15.4 Å². The zero-order valence-electron chi connectivity index (χ0n) is 18.0. The molecule has 1 aliphatic rings. The molecule has 3 aromatic rings. The van der Waals surface area contributed by atoms with E-state index in [1.807, 2.05) is 37.3 Å². The van der Waals surface area contributed by atoms with Crippen molar-refractivity contribution in [3.63, 3.8) is 0 Å². The summed E-state index contributed by atoms with van der Waals surface area (Å²) in [7, 11) is -3.66. The number of carbonyl (C=O) groups excluding carboxylic acids is 1. The third kappa shape index (κ3) is 4.89. The van der Waals surface area contributed by atoms with Crippen LogP contribution in [0, 0.1) is 0 Å². The average Bonchev–Trinajstić information content (AvgIpc) is 3.32. The fourth-order valence-corrected chi connectivity index (χ4v) is 5.78. The van der Waals surface area contributed by atoms with Crippen molar-refractivity contribution >= 4 is 15.9 Å². The lowest BCUT2D eigenvalue weighted by Gasteiger charge is -2.32. The Morgan fingerprint density at radius 1 is 1.16 bits per heavy atom. The number of nitrogens with zero attached hydrogens (tertiary/aromatic N) is 4. The second-order valence-corrected chi connectivity index (χ2v) is 9.93. The summed E-state index contributed by atoms with van der Waals surface area (Å²) < 4.78 is 29.6. The number of benzene rings is 2. The number of amides is 1. The van der Waals surface area contributed by atoms with Crippen LogP contribution >= 0.6 is 0 Å². The second kappa shape index (κ2) is 9.62. The van der Waals surface area contributed by atoms with E-state index in [-0.39, 0.29) is 22.9 Å². The number of hydrogen-bond donors (Lipinski definition) is 1. The molecule has 9 heteroatoms. The van der Waals surface area contributed by atoms with E-state index in [9.17, 15) is 13.2 Å². The van der Waals surface area contributed by atoms with Crippen molar-refractivity contribution < 1.29 is 13.2 Å². The molecule has 0 aliphatic carbocycles. The zero-order valence-corrected chi connectivity index (χ0v) is 18.8. The van der Waals surface area contributed by atoms with Gasteiger partial charge in [0, 0.05) is 18.2 Å². The second-order valence-electron chi connectivity index (χ2n) is 8.04. The topological polar surface area (TPSA) is 97.2 Å². The third-order valence-electron chi connectivity index (χ3n) is 5.79. The number of rotatable bonds is 7. The van der Waals surface area contributed by atoms with Gasteiger partial charge in [-0.25, -0.2) is 13.4 Å². The molecule has 168 valence electrons. The smallest absolute Gasteiger partial charge is 0.251 e. The van der Waals surface area contributed by atoms with E-state index in [0.29, 0.717) is 18.7 Å². The van der Waals surface area contributed by atoms with Crippen molar-refractivity contribution in [2.45, 2.75) is 49.7 Å². The van der Waals surface area contributed by atoms with E-state index in [4.69, 9.17) is 0 Å². The Labute approximate surface area is 188 Å². The van der Waals surface area contributed by atoms with Crippen LogP contribution in [0.4, 0.5) is 0 Å². The highest BCUT2D eigenvalue weighted by Gasteiger charge is 2.31. The minimum absolute atomic E-state index is 0.0450. The number of piperidine rings is 1.